The molecule has 186 valence electrons. The lowest BCUT2D eigenvalue weighted by atomic mass is 10.0. The number of piperidine rings is 1. The molecule has 1 aromatic carbocycles. The van der Waals surface area contributed by atoms with Gasteiger partial charge in [0.2, 0.25) is 5.91 Å². The number of rotatable bonds is 10. The summed E-state index contributed by atoms with van der Waals surface area (Å²) in [5.74, 6) is 2.02. The van der Waals surface area contributed by atoms with Gasteiger partial charge in [-0.3, -0.25) is 14.7 Å². The number of carbonyl (C=O) groups is 1. The Kier molecular flexibility index (Phi) is 12.3. The number of hydrogen-bond donors (Lipinski definition) is 2. The monoisotopic (exact) mass is 571 g/mol. The minimum absolute atomic E-state index is 0. The van der Waals surface area contributed by atoms with Crippen molar-refractivity contribution in [3.05, 3.63) is 29.8 Å². The van der Waals surface area contributed by atoms with E-state index in [2.05, 4.69) is 44.5 Å². The van der Waals surface area contributed by atoms with Gasteiger partial charge in [-0.05, 0) is 62.9 Å². The molecule has 1 aromatic rings. The molecule has 0 aromatic heterocycles. The Labute approximate surface area is 216 Å². The first-order valence-corrected chi connectivity index (χ1v) is 12.3. The molecule has 2 aliphatic heterocycles. The van der Waals surface area contributed by atoms with Gasteiger partial charge in [-0.25, -0.2) is 0 Å². The first-order valence-electron chi connectivity index (χ1n) is 12.3. The Balaban J connectivity index is 0.00000385. The summed E-state index contributed by atoms with van der Waals surface area (Å²) in [4.78, 5) is 21.2. The number of halogens is 1. The summed E-state index contributed by atoms with van der Waals surface area (Å²) in [7, 11) is 3.52. The number of benzene rings is 1. The molecule has 2 heterocycles. The molecule has 3 rings (SSSR count). The van der Waals surface area contributed by atoms with Crippen LogP contribution in [-0.2, 0) is 4.79 Å². The number of likely N-dealkylation sites (tertiary alicyclic amines) is 2. The van der Waals surface area contributed by atoms with Crippen molar-refractivity contribution in [2.24, 2.45) is 4.99 Å². The number of guanidine groups is 1. The van der Waals surface area contributed by atoms with E-state index in [-0.39, 0.29) is 24.0 Å². The summed E-state index contributed by atoms with van der Waals surface area (Å²) >= 11 is 0. The Hall–Kier alpha value is -1.55. The minimum atomic E-state index is 0. The van der Waals surface area contributed by atoms with Gasteiger partial charge in [0.1, 0.15) is 5.75 Å². The maximum absolute atomic E-state index is 12.1. The molecule has 0 aliphatic carbocycles. The molecule has 2 aliphatic rings. The van der Waals surface area contributed by atoms with Crippen LogP contribution in [0.4, 0.5) is 0 Å². The number of carbonyl (C=O) groups excluding carboxylic acids is 1. The fraction of sp³-hybridized carbons (Fsp3) is 0.680. The molecule has 7 nitrogen and oxygen atoms in total. The quantitative estimate of drug-likeness (QED) is 0.254. The van der Waals surface area contributed by atoms with Crippen LogP contribution in [0, 0.1) is 0 Å². The van der Waals surface area contributed by atoms with Gasteiger partial charge in [-0.1, -0.05) is 25.5 Å². The highest BCUT2D eigenvalue weighted by Gasteiger charge is 2.26. The average Bonchev–Trinajstić information content (AvgIpc) is 3.27. The van der Waals surface area contributed by atoms with Crippen molar-refractivity contribution in [3.8, 4) is 5.75 Å². The number of nitrogens with zero attached hydrogens (tertiary/aromatic N) is 3. The number of nitrogens with one attached hydrogen (secondary N) is 2. The Bertz CT molecular complexity index is 737. The number of amides is 1. The standard InChI is InChI=1S/C25H41N5O2.HI/c1-4-21(30-18-8-9-24(30)31)14-15-27-25(26-2)28-19-23(29-16-6-5-7-17-29)20-10-12-22(32-3)13-11-20;/h10-13,21,23H,4-9,14-19H2,1-3H3,(H2,26,27,28);1H. The van der Waals surface area contributed by atoms with Crippen LogP contribution in [0.3, 0.4) is 0 Å². The third-order valence-electron chi connectivity index (χ3n) is 6.81. The molecule has 1 amide bonds. The van der Waals surface area contributed by atoms with Crippen molar-refractivity contribution >= 4 is 35.8 Å². The third-order valence-corrected chi connectivity index (χ3v) is 6.81. The van der Waals surface area contributed by atoms with Crippen molar-refractivity contribution in [3.63, 3.8) is 0 Å². The molecule has 0 radical (unpaired) electrons. The van der Waals surface area contributed by atoms with E-state index in [4.69, 9.17) is 4.74 Å². The summed E-state index contributed by atoms with van der Waals surface area (Å²) < 4.78 is 5.34. The lowest BCUT2D eigenvalue weighted by Gasteiger charge is -2.35. The van der Waals surface area contributed by atoms with Crippen LogP contribution >= 0.6 is 24.0 Å². The molecule has 0 saturated carbocycles. The largest absolute Gasteiger partial charge is 0.497 e. The van der Waals surface area contributed by atoms with E-state index >= 15 is 0 Å². The highest BCUT2D eigenvalue weighted by molar-refractivity contribution is 14.0. The second-order valence-corrected chi connectivity index (χ2v) is 8.81. The predicted molar refractivity (Wildman–Crippen MR) is 146 cm³/mol. The molecule has 0 bridgehead atoms. The lowest BCUT2D eigenvalue weighted by Crippen LogP contribution is -2.45. The first kappa shape index (κ1) is 27.7. The van der Waals surface area contributed by atoms with Gasteiger partial charge in [-0.15, -0.1) is 24.0 Å². The zero-order valence-electron chi connectivity index (χ0n) is 20.5. The predicted octanol–water partition coefficient (Wildman–Crippen LogP) is 3.80. The molecule has 2 unspecified atom stereocenters. The number of hydrogen-bond acceptors (Lipinski definition) is 4. The highest BCUT2D eigenvalue weighted by atomic mass is 127. The molecule has 2 N–H and O–H groups in total. The van der Waals surface area contributed by atoms with Crippen LogP contribution in [0.15, 0.2) is 29.3 Å². The lowest BCUT2D eigenvalue weighted by molar-refractivity contribution is -0.129. The smallest absolute Gasteiger partial charge is 0.222 e. The van der Waals surface area contributed by atoms with Gasteiger partial charge < -0.3 is 20.3 Å². The molecule has 2 fully saturated rings. The van der Waals surface area contributed by atoms with Crippen molar-refractivity contribution in [1.82, 2.24) is 20.4 Å². The third kappa shape index (κ3) is 8.02. The number of ether oxygens (including phenoxy) is 1. The summed E-state index contributed by atoms with van der Waals surface area (Å²) in [6.45, 7) is 6.94. The van der Waals surface area contributed by atoms with E-state index in [9.17, 15) is 4.79 Å². The van der Waals surface area contributed by atoms with Crippen molar-refractivity contribution in [2.45, 2.75) is 64.0 Å². The second-order valence-electron chi connectivity index (χ2n) is 8.81. The molecule has 2 atom stereocenters. The van der Waals surface area contributed by atoms with Crippen LogP contribution < -0.4 is 15.4 Å². The summed E-state index contributed by atoms with van der Waals surface area (Å²) in [5.41, 5.74) is 1.30. The average molecular weight is 572 g/mol. The SMILES string of the molecule is CCC(CCNC(=NC)NCC(c1ccc(OC)cc1)N1CCCCC1)N1CCCC1=O.I. The molecule has 8 heteroatoms. The minimum Gasteiger partial charge on any atom is -0.497 e. The summed E-state index contributed by atoms with van der Waals surface area (Å²) in [6.07, 6.45) is 7.47. The van der Waals surface area contributed by atoms with Crippen molar-refractivity contribution in [2.75, 3.05) is 46.9 Å². The van der Waals surface area contributed by atoms with Crippen molar-refractivity contribution < 1.29 is 9.53 Å². The number of aliphatic imine (C=N–C) groups is 1. The first-order chi connectivity index (χ1) is 15.7. The van der Waals surface area contributed by atoms with Crippen LogP contribution in [0.2, 0.25) is 0 Å². The van der Waals surface area contributed by atoms with Gasteiger partial charge in [-0.2, -0.15) is 0 Å². The van der Waals surface area contributed by atoms with E-state index in [0.29, 0.717) is 24.4 Å². The molecule has 33 heavy (non-hydrogen) atoms. The summed E-state index contributed by atoms with van der Waals surface area (Å²) in [6, 6.07) is 9.05. The van der Waals surface area contributed by atoms with Crippen molar-refractivity contribution in [1.29, 1.82) is 0 Å². The van der Waals surface area contributed by atoms with Gasteiger partial charge in [0.25, 0.3) is 0 Å². The van der Waals surface area contributed by atoms with E-state index in [1.165, 1.54) is 24.8 Å². The van der Waals surface area contributed by atoms with Crippen LogP contribution in [0.5, 0.6) is 5.75 Å². The second kappa shape index (κ2) is 14.7. The van der Waals surface area contributed by atoms with Gasteiger partial charge >= 0.3 is 0 Å². The van der Waals surface area contributed by atoms with Gasteiger partial charge in [0, 0.05) is 39.1 Å². The molecule has 2 saturated heterocycles. The zero-order chi connectivity index (χ0) is 22.8. The van der Waals surface area contributed by atoms with Gasteiger partial charge in [0.05, 0.1) is 13.2 Å². The normalized spacial score (nSPS) is 19.1. The fourth-order valence-corrected chi connectivity index (χ4v) is 4.92. The maximum Gasteiger partial charge on any atom is 0.222 e. The molecule has 0 spiro atoms. The molecular weight excluding hydrogens is 529 g/mol. The molecular formula is C25H42IN5O2. The topological polar surface area (TPSA) is 69.2 Å². The zero-order valence-corrected chi connectivity index (χ0v) is 22.8. The maximum atomic E-state index is 12.1. The van der Waals surface area contributed by atoms with Crippen LogP contribution in [0.25, 0.3) is 0 Å². The fourth-order valence-electron chi connectivity index (χ4n) is 4.92. The van der Waals surface area contributed by atoms with E-state index in [0.717, 1.165) is 63.7 Å². The van der Waals surface area contributed by atoms with Crippen LogP contribution in [0.1, 0.15) is 63.5 Å². The Morgan fingerprint density at radius 2 is 1.82 bits per heavy atom. The van der Waals surface area contributed by atoms with E-state index in [1.54, 1.807) is 7.11 Å². The Morgan fingerprint density at radius 1 is 1.09 bits per heavy atom. The summed E-state index contributed by atoms with van der Waals surface area (Å²) in [5, 5.41) is 7.01. The Morgan fingerprint density at radius 3 is 2.39 bits per heavy atom. The van der Waals surface area contributed by atoms with Crippen LogP contribution in [-0.4, -0.2) is 74.6 Å². The number of methoxy groups -OCH3 is 1. The van der Waals surface area contributed by atoms with E-state index in [1.807, 2.05) is 19.2 Å². The van der Waals surface area contributed by atoms with Gasteiger partial charge in [0.15, 0.2) is 5.96 Å². The highest BCUT2D eigenvalue weighted by Crippen LogP contribution is 2.26. The van der Waals surface area contributed by atoms with E-state index < -0.39 is 0 Å².